The molecule has 3 heteroatoms. The fraction of sp³-hybridized carbons (Fsp3) is 0.588. The molecule has 2 atom stereocenters. The lowest BCUT2D eigenvalue weighted by Crippen LogP contribution is -2.46. The monoisotopic (exact) mass is 277 g/mol. The van der Waals surface area contributed by atoms with Crippen molar-refractivity contribution in [2.45, 2.75) is 45.6 Å². The van der Waals surface area contributed by atoms with E-state index in [2.05, 4.69) is 25.7 Å². The van der Waals surface area contributed by atoms with E-state index >= 15 is 0 Å². The van der Waals surface area contributed by atoms with Gasteiger partial charge >= 0.3 is 5.97 Å². The van der Waals surface area contributed by atoms with Crippen LogP contribution >= 0.6 is 0 Å². The number of aliphatic carboxylic acids is 1. The molecule has 1 rings (SSSR count). The Labute approximate surface area is 122 Å². The number of nitrogens with zero attached hydrogens (tertiary/aromatic N) is 1. The molecule has 1 aromatic rings. The van der Waals surface area contributed by atoms with Crippen molar-refractivity contribution >= 4 is 5.97 Å². The first-order valence-electron chi connectivity index (χ1n) is 7.26. The second-order valence-corrected chi connectivity index (χ2v) is 6.40. The number of hydrogen-bond acceptors (Lipinski definition) is 2. The van der Waals surface area contributed by atoms with Crippen LogP contribution in [0.15, 0.2) is 30.3 Å². The van der Waals surface area contributed by atoms with Gasteiger partial charge in [-0.3, -0.25) is 4.79 Å². The average Bonchev–Trinajstić information content (AvgIpc) is 2.38. The number of hydrogen-bond donors (Lipinski definition) is 1. The van der Waals surface area contributed by atoms with E-state index in [0.29, 0.717) is 18.5 Å². The van der Waals surface area contributed by atoms with E-state index in [9.17, 15) is 9.90 Å². The van der Waals surface area contributed by atoms with Crippen LogP contribution in [0.5, 0.6) is 0 Å². The van der Waals surface area contributed by atoms with E-state index in [1.807, 2.05) is 44.3 Å². The molecule has 20 heavy (non-hydrogen) atoms. The molecule has 3 nitrogen and oxygen atoms in total. The molecular formula is C17H27NO2. The number of rotatable bonds is 7. The van der Waals surface area contributed by atoms with Gasteiger partial charge in [0.2, 0.25) is 0 Å². The van der Waals surface area contributed by atoms with E-state index in [0.717, 1.165) is 12.0 Å². The molecule has 1 N–H and O–H groups in total. The van der Waals surface area contributed by atoms with Crippen LogP contribution in [0.4, 0.5) is 0 Å². The lowest BCUT2D eigenvalue weighted by atomic mass is 9.81. The highest BCUT2D eigenvalue weighted by molar-refractivity contribution is 5.81. The third-order valence-corrected chi connectivity index (χ3v) is 4.01. The molecular weight excluding hydrogens is 250 g/mol. The highest BCUT2D eigenvalue weighted by atomic mass is 16.4. The summed E-state index contributed by atoms with van der Waals surface area (Å²) in [5, 5.41) is 9.67. The molecule has 0 aromatic heterocycles. The molecule has 2 unspecified atom stereocenters. The van der Waals surface area contributed by atoms with E-state index in [-0.39, 0.29) is 0 Å². The van der Waals surface area contributed by atoms with Gasteiger partial charge in [0, 0.05) is 12.6 Å². The maximum atomic E-state index is 11.8. The van der Waals surface area contributed by atoms with Crippen LogP contribution in [-0.2, 0) is 10.2 Å². The minimum Gasteiger partial charge on any atom is -0.481 e. The van der Waals surface area contributed by atoms with Gasteiger partial charge in [0.05, 0.1) is 0 Å². The Bertz CT molecular complexity index is 430. The summed E-state index contributed by atoms with van der Waals surface area (Å²) < 4.78 is 0. The first-order chi connectivity index (χ1) is 9.27. The third-order valence-electron chi connectivity index (χ3n) is 4.01. The fourth-order valence-corrected chi connectivity index (χ4v) is 2.61. The quantitative estimate of drug-likeness (QED) is 0.830. The van der Waals surface area contributed by atoms with Crippen molar-refractivity contribution in [3.8, 4) is 0 Å². The summed E-state index contributed by atoms with van der Waals surface area (Å²) >= 11 is 0. The zero-order valence-electron chi connectivity index (χ0n) is 13.3. The normalized spacial score (nSPS) is 16.1. The minimum atomic E-state index is -0.874. The lowest BCUT2D eigenvalue weighted by Gasteiger charge is -2.34. The van der Waals surface area contributed by atoms with Gasteiger partial charge < -0.3 is 10.0 Å². The van der Waals surface area contributed by atoms with Crippen LogP contribution in [-0.4, -0.2) is 35.6 Å². The largest absolute Gasteiger partial charge is 0.481 e. The zero-order chi connectivity index (χ0) is 15.3. The Hall–Kier alpha value is -1.35. The molecule has 0 aliphatic rings. The van der Waals surface area contributed by atoms with Gasteiger partial charge in [0.25, 0.3) is 0 Å². The van der Waals surface area contributed by atoms with Gasteiger partial charge in [-0.2, -0.15) is 0 Å². The molecule has 0 bridgehead atoms. The third kappa shape index (κ3) is 4.07. The fourth-order valence-electron chi connectivity index (χ4n) is 2.61. The van der Waals surface area contributed by atoms with Crippen molar-refractivity contribution < 1.29 is 9.90 Å². The molecule has 0 aliphatic carbocycles. The van der Waals surface area contributed by atoms with Gasteiger partial charge in [-0.1, -0.05) is 44.2 Å². The highest BCUT2D eigenvalue weighted by Crippen LogP contribution is 2.26. The van der Waals surface area contributed by atoms with Crippen LogP contribution in [0.1, 0.15) is 39.7 Å². The Kier molecular flexibility index (Phi) is 5.75. The summed E-state index contributed by atoms with van der Waals surface area (Å²) in [6.07, 6.45) is 1.07. The molecule has 0 fully saturated rings. The first kappa shape index (κ1) is 16.7. The van der Waals surface area contributed by atoms with Gasteiger partial charge in [-0.05, 0) is 38.8 Å². The van der Waals surface area contributed by atoms with Gasteiger partial charge in [-0.15, -0.1) is 0 Å². The summed E-state index contributed by atoms with van der Waals surface area (Å²) in [5.41, 5.74) is -0.0163. The molecule has 112 valence electrons. The lowest BCUT2D eigenvalue weighted by molar-refractivity contribution is -0.144. The molecule has 0 aliphatic heterocycles. The predicted molar refractivity (Wildman–Crippen MR) is 83.0 cm³/mol. The Morgan fingerprint density at radius 1 is 1.25 bits per heavy atom. The maximum absolute atomic E-state index is 11.8. The molecule has 0 spiro atoms. The highest BCUT2D eigenvalue weighted by Gasteiger charge is 2.37. The Balaban J connectivity index is 2.91. The van der Waals surface area contributed by atoms with Crippen LogP contribution in [0, 0.1) is 5.92 Å². The summed E-state index contributed by atoms with van der Waals surface area (Å²) in [6.45, 7) is 8.87. The maximum Gasteiger partial charge on any atom is 0.315 e. The van der Waals surface area contributed by atoms with E-state index in [1.54, 1.807) is 0 Å². The number of benzene rings is 1. The summed E-state index contributed by atoms with van der Waals surface area (Å²) in [4.78, 5) is 13.9. The van der Waals surface area contributed by atoms with Crippen molar-refractivity contribution in [1.29, 1.82) is 0 Å². The van der Waals surface area contributed by atoms with Crippen molar-refractivity contribution in [2.24, 2.45) is 5.92 Å². The number of carboxylic acid groups (broad SMARTS) is 1. The number of carbonyl (C=O) groups is 1. The van der Waals surface area contributed by atoms with Crippen molar-refractivity contribution in [2.75, 3.05) is 13.6 Å². The standard InChI is InChI=1S/C17H27NO2/c1-13(2)11-14(3)18(5)12-17(4,16(19)20)15-9-7-6-8-10-15/h6-10,13-14H,11-12H2,1-5H3,(H,19,20). The van der Waals surface area contributed by atoms with Crippen LogP contribution in [0.25, 0.3) is 0 Å². The smallest absolute Gasteiger partial charge is 0.315 e. The Morgan fingerprint density at radius 3 is 2.25 bits per heavy atom. The predicted octanol–water partition coefficient (Wildman–Crippen LogP) is 3.40. The van der Waals surface area contributed by atoms with E-state index in [1.165, 1.54) is 0 Å². The molecule has 0 amide bonds. The van der Waals surface area contributed by atoms with Crippen molar-refractivity contribution in [1.82, 2.24) is 4.90 Å². The van der Waals surface area contributed by atoms with Crippen LogP contribution < -0.4 is 0 Å². The van der Waals surface area contributed by atoms with Crippen LogP contribution in [0.3, 0.4) is 0 Å². The molecule has 0 radical (unpaired) electrons. The van der Waals surface area contributed by atoms with Gasteiger partial charge in [-0.25, -0.2) is 0 Å². The SMILES string of the molecule is CC(C)CC(C)N(C)CC(C)(C(=O)O)c1ccccc1. The topological polar surface area (TPSA) is 40.5 Å². The van der Waals surface area contributed by atoms with Gasteiger partial charge in [0.1, 0.15) is 5.41 Å². The first-order valence-corrected chi connectivity index (χ1v) is 7.26. The average molecular weight is 277 g/mol. The zero-order valence-corrected chi connectivity index (χ0v) is 13.3. The molecule has 0 heterocycles. The van der Waals surface area contributed by atoms with Crippen molar-refractivity contribution in [3.05, 3.63) is 35.9 Å². The van der Waals surface area contributed by atoms with E-state index < -0.39 is 11.4 Å². The summed E-state index contributed by atoms with van der Waals surface area (Å²) in [7, 11) is 2.01. The van der Waals surface area contributed by atoms with Crippen molar-refractivity contribution in [3.63, 3.8) is 0 Å². The number of likely N-dealkylation sites (N-methyl/N-ethyl adjacent to an activating group) is 1. The van der Waals surface area contributed by atoms with Crippen LogP contribution in [0.2, 0.25) is 0 Å². The van der Waals surface area contributed by atoms with E-state index in [4.69, 9.17) is 0 Å². The summed E-state index contributed by atoms with van der Waals surface area (Å²) in [5.74, 6) is -0.160. The molecule has 0 saturated carbocycles. The second kappa shape index (κ2) is 6.89. The molecule has 0 saturated heterocycles. The Morgan fingerprint density at radius 2 is 1.80 bits per heavy atom. The molecule has 1 aromatic carbocycles. The summed E-state index contributed by atoms with van der Waals surface area (Å²) in [6, 6.07) is 9.88. The minimum absolute atomic E-state index is 0.373. The second-order valence-electron chi connectivity index (χ2n) is 6.40. The number of carboxylic acids is 1. The van der Waals surface area contributed by atoms with Gasteiger partial charge in [0.15, 0.2) is 0 Å².